The molecule has 0 aromatic heterocycles. The first kappa shape index (κ1) is 24.0. The molecule has 0 saturated carbocycles. The van der Waals surface area contributed by atoms with Gasteiger partial charge in [-0.25, -0.2) is 0 Å². The molecule has 0 saturated heterocycles. The molecule has 2 unspecified atom stereocenters. The molecular weight excluding hydrogens is 400 g/mol. The van der Waals surface area contributed by atoms with Gasteiger partial charge in [-0.1, -0.05) is 18.2 Å². The number of hydrogen-bond acceptors (Lipinski definition) is 4. The van der Waals surface area contributed by atoms with Crippen LogP contribution in [0.25, 0.3) is 0 Å². The maximum Gasteiger partial charge on any atom is 0.251 e. The van der Waals surface area contributed by atoms with Crippen LogP contribution in [0.4, 0.5) is 5.69 Å². The smallest absolute Gasteiger partial charge is 0.251 e. The highest BCUT2D eigenvalue weighted by Crippen LogP contribution is 2.32. The van der Waals surface area contributed by atoms with Gasteiger partial charge in [0.2, 0.25) is 0 Å². The predicted molar refractivity (Wildman–Crippen MR) is 129 cm³/mol. The standard InChI is InChI=1S/C27H36N2O3/c1-5-29(6-2)23-13-10-21(11-14-23)27(31)28-25-16-12-22-18-20(8-15-24(22)25)9-17-26(30)19(4)32-7-3/h8,10-11,13-15,18-19,25H,5-7,9,12,16-17H2,1-4H3,(H,28,31). The number of anilines is 1. The number of fused-ring (bicyclic) bond motifs is 1. The van der Waals surface area contributed by atoms with Crippen molar-refractivity contribution in [3.63, 3.8) is 0 Å². The van der Waals surface area contributed by atoms with Crippen molar-refractivity contribution >= 4 is 17.4 Å². The fourth-order valence-electron chi connectivity index (χ4n) is 4.44. The number of ketones is 1. The topological polar surface area (TPSA) is 58.6 Å². The maximum atomic E-state index is 12.8. The van der Waals surface area contributed by atoms with Gasteiger partial charge >= 0.3 is 0 Å². The van der Waals surface area contributed by atoms with Crippen molar-refractivity contribution in [3.8, 4) is 0 Å². The third kappa shape index (κ3) is 5.77. The summed E-state index contributed by atoms with van der Waals surface area (Å²) in [6, 6.07) is 14.3. The van der Waals surface area contributed by atoms with Crippen molar-refractivity contribution < 1.29 is 14.3 Å². The van der Waals surface area contributed by atoms with E-state index < -0.39 is 0 Å². The Kier molecular flexibility index (Phi) is 8.46. The highest BCUT2D eigenvalue weighted by molar-refractivity contribution is 5.94. The molecule has 1 amide bonds. The van der Waals surface area contributed by atoms with Gasteiger partial charge in [0.1, 0.15) is 6.10 Å². The van der Waals surface area contributed by atoms with Crippen LogP contribution < -0.4 is 10.2 Å². The van der Waals surface area contributed by atoms with Gasteiger partial charge in [0.05, 0.1) is 6.04 Å². The number of aryl methyl sites for hydroxylation is 2. The van der Waals surface area contributed by atoms with Crippen LogP contribution in [0, 0.1) is 0 Å². The Morgan fingerprint density at radius 2 is 1.81 bits per heavy atom. The third-order valence-corrected chi connectivity index (χ3v) is 6.38. The summed E-state index contributed by atoms with van der Waals surface area (Å²) in [5, 5.41) is 3.20. The van der Waals surface area contributed by atoms with Crippen LogP contribution >= 0.6 is 0 Å². The van der Waals surface area contributed by atoms with Crippen molar-refractivity contribution in [2.45, 2.75) is 65.5 Å². The SMILES string of the molecule is CCOC(C)C(=O)CCc1ccc2c(c1)CCC2NC(=O)c1ccc(N(CC)CC)cc1. The zero-order valence-electron chi connectivity index (χ0n) is 19.8. The first-order valence-electron chi connectivity index (χ1n) is 11.9. The van der Waals surface area contributed by atoms with Gasteiger partial charge in [-0.05, 0) is 87.9 Å². The normalized spacial score (nSPS) is 15.8. The summed E-state index contributed by atoms with van der Waals surface area (Å²) < 4.78 is 5.39. The van der Waals surface area contributed by atoms with E-state index >= 15 is 0 Å². The molecule has 2 aromatic carbocycles. The van der Waals surface area contributed by atoms with E-state index in [1.807, 2.05) is 38.1 Å². The highest BCUT2D eigenvalue weighted by atomic mass is 16.5. The molecule has 2 atom stereocenters. The van der Waals surface area contributed by atoms with Gasteiger partial charge in [0.15, 0.2) is 5.78 Å². The molecule has 3 rings (SSSR count). The maximum absolute atomic E-state index is 12.8. The zero-order valence-corrected chi connectivity index (χ0v) is 19.8. The summed E-state index contributed by atoms with van der Waals surface area (Å²) in [6.07, 6.45) is 2.72. The summed E-state index contributed by atoms with van der Waals surface area (Å²) in [5.41, 5.74) is 5.46. The van der Waals surface area contributed by atoms with Gasteiger partial charge in [-0.15, -0.1) is 0 Å². The van der Waals surface area contributed by atoms with E-state index in [2.05, 4.69) is 42.3 Å². The number of carbonyl (C=O) groups excluding carboxylic acids is 2. The largest absolute Gasteiger partial charge is 0.372 e. The Morgan fingerprint density at radius 3 is 2.47 bits per heavy atom. The Hall–Kier alpha value is -2.66. The van der Waals surface area contributed by atoms with Crippen LogP contribution in [0.3, 0.4) is 0 Å². The van der Waals surface area contributed by atoms with Gasteiger partial charge in [0, 0.05) is 37.4 Å². The van der Waals surface area contributed by atoms with Crippen LogP contribution in [-0.4, -0.2) is 37.5 Å². The van der Waals surface area contributed by atoms with Crippen LogP contribution in [0.2, 0.25) is 0 Å². The molecule has 172 valence electrons. The van der Waals surface area contributed by atoms with Gasteiger partial charge in [-0.3, -0.25) is 9.59 Å². The Bertz CT molecular complexity index is 919. The first-order valence-corrected chi connectivity index (χ1v) is 11.9. The summed E-state index contributed by atoms with van der Waals surface area (Å²) in [4.78, 5) is 27.2. The molecule has 0 aliphatic heterocycles. The molecule has 1 aliphatic rings. The highest BCUT2D eigenvalue weighted by Gasteiger charge is 2.25. The molecular formula is C27H36N2O3. The number of carbonyl (C=O) groups is 2. The second-order valence-corrected chi connectivity index (χ2v) is 8.38. The number of Topliss-reactive ketones (excluding diaryl/α,β-unsaturated/α-hetero) is 1. The van der Waals surface area contributed by atoms with E-state index in [1.54, 1.807) is 0 Å². The zero-order chi connectivity index (χ0) is 23.1. The summed E-state index contributed by atoms with van der Waals surface area (Å²) in [7, 11) is 0. The number of ether oxygens (including phenoxy) is 1. The quantitative estimate of drug-likeness (QED) is 0.546. The number of nitrogens with one attached hydrogen (secondary N) is 1. The minimum Gasteiger partial charge on any atom is -0.372 e. The lowest BCUT2D eigenvalue weighted by Gasteiger charge is -2.21. The number of amides is 1. The van der Waals surface area contributed by atoms with Crippen molar-refractivity contribution in [2.24, 2.45) is 0 Å². The fraction of sp³-hybridized carbons (Fsp3) is 0.481. The van der Waals surface area contributed by atoms with E-state index in [9.17, 15) is 9.59 Å². The van der Waals surface area contributed by atoms with Gasteiger partial charge in [0.25, 0.3) is 5.91 Å². The first-order chi connectivity index (χ1) is 15.5. The van der Waals surface area contributed by atoms with E-state index in [4.69, 9.17) is 4.74 Å². The lowest BCUT2D eigenvalue weighted by Crippen LogP contribution is -2.27. The third-order valence-electron chi connectivity index (χ3n) is 6.38. The molecule has 0 fully saturated rings. The lowest BCUT2D eigenvalue weighted by atomic mass is 10.00. The number of nitrogens with zero attached hydrogens (tertiary/aromatic N) is 1. The summed E-state index contributed by atoms with van der Waals surface area (Å²) >= 11 is 0. The van der Waals surface area contributed by atoms with Gasteiger partial charge < -0.3 is 15.0 Å². The fourth-order valence-corrected chi connectivity index (χ4v) is 4.44. The van der Waals surface area contributed by atoms with Crippen molar-refractivity contribution in [1.82, 2.24) is 5.32 Å². The van der Waals surface area contributed by atoms with Crippen molar-refractivity contribution in [1.29, 1.82) is 0 Å². The Labute approximate surface area is 192 Å². The van der Waals surface area contributed by atoms with Crippen LogP contribution in [0.1, 0.15) is 73.6 Å². The number of hydrogen-bond donors (Lipinski definition) is 1. The van der Waals surface area contributed by atoms with E-state index in [0.29, 0.717) is 18.6 Å². The molecule has 2 aromatic rings. The second kappa shape index (κ2) is 11.3. The van der Waals surface area contributed by atoms with E-state index in [1.165, 1.54) is 16.7 Å². The van der Waals surface area contributed by atoms with Crippen LogP contribution in [0.5, 0.6) is 0 Å². The molecule has 0 spiro atoms. The molecule has 0 heterocycles. The average Bonchev–Trinajstić information content (AvgIpc) is 3.20. The van der Waals surface area contributed by atoms with Crippen molar-refractivity contribution in [2.75, 3.05) is 24.6 Å². The monoisotopic (exact) mass is 436 g/mol. The minimum atomic E-state index is -0.338. The summed E-state index contributed by atoms with van der Waals surface area (Å²) in [5.74, 6) is 0.109. The Balaban J connectivity index is 1.59. The molecule has 1 N–H and O–H groups in total. The number of rotatable bonds is 11. The van der Waals surface area contributed by atoms with E-state index in [0.717, 1.165) is 38.0 Å². The van der Waals surface area contributed by atoms with Crippen LogP contribution in [-0.2, 0) is 22.4 Å². The predicted octanol–water partition coefficient (Wildman–Crippen LogP) is 4.88. The molecule has 0 bridgehead atoms. The molecule has 5 nitrogen and oxygen atoms in total. The Morgan fingerprint density at radius 1 is 1.09 bits per heavy atom. The molecule has 1 aliphatic carbocycles. The summed E-state index contributed by atoms with van der Waals surface area (Å²) in [6.45, 7) is 10.4. The van der Waals surface area contributed by atoms with Crippen LogP contribution in [0.15, 0.2) is 42.5 Å². The van der Waals surface area contributed by atoms with E-state index in [-0.39, 0.29) is 23.8 Å². The number of benzene rings is 2. The lowest BCUT2D eigenvalue weighted by molar-refractivity contribution is -0.129. The van der Waals surface area contributed by atoms with Gasteiger partial charge in [-0.2, -0.15) is 0 Å². The molecule has 5 heteroatoms. The molecule has 32 heavy (non-hydrogen) atoms. The minimum absolute atomic E-state index is 0.0338. The average molecular weight is 437 g/mol. The molecule has 0 radical (unpaired) electrons. The second-order valence-electron chi connectivity index (χ2n) is 8.38. The van der Waals surface area contributed by atoms with Crippen molar-refractivity contribution in [3.05, 3.63) is 64.7 Å².